The van der Waals surface area contributed by atoms with Gasteiger partial charge in [-0.05, 0) is 52.5 Å². The average Bonchev–Trinajstić information content (AvgIpc) is 3.23. The molecule has 1 saturated carbocycles. The Morgan fingerprint density at radius 3 is 2.60 bits per heavy atom. The molecule has 0 spiro atoms. The Bertz CT molecular complexity index is 611. The second-order valence-corrected chi connectivity index (χ2v) is 6.35. The van der Waals surface area contributed by atoms with Crippen molar-refractivity contribution in [1.82, 2.24) is 4.98 Å². The number of anilines is 2. The van der Waals surface area contributed by atoms with Gasteiger partial charge in [0.2, 0.25) is 0 Å². The molecule has 5 heteroatoms. The van der Waals surface area contributed by atoms with Crippen LogP contribution in [-0.4, -0.2) is 11.0 Å². The molecule has 0 unspecified atom stereocenters. The van der Waals surface area contributed by atoms with Crippen LogP contribution < -0.4 is 10.6 Å². The van der Waals surface area contributed by atoms with E-state index < -0.39 is 0 Å². The number of nitrogen functional groups attached to an aromatic ring is 1. The molecule has 0 bridgehead atoms. The molecular weight excluding hydrogens is 338 g/mol. The summed E-state index contributed by atoms with van der Waals surface area (Å²) in [6.45, 7) is 0.832. The summed E-state index contributed by atoms with van der Waals surface area (Å²) in [6, 6.07) is 10.5. The summed E-state index contributed by atoms with van der Waals surface area (Å²) in [4.78, 5) is 6.80. The predicted molar refractivity (Wildman–Crippen MR) is 87.0 cm³/mol. The van der Waals surface area contributed by atoms with Crippen molar-refractivity contribution in [2.75, 3.05) is 10.6 Å². The highest BCUT2D eigenvalue weighted by Gasteiger charge is 2.31. The van der Waals surface area contributed by atoms with E-state index in [2.05, 4.69) is 37.9 Å². The van der Waals surface area contributed by atoms with Crippen LogP contribution in [0.3, 0.4) is 0 Å². The molecule has 20 heavy (non-hydrogen) atoms. The van der Waals surface area contributed by atoms with Crippen LogP contribution >= 0.6 is 27.5 Å². The number of nitrogens with two attached hydrogens (primary N) is 1. The Hall–Kier alpha value is -1.26. The number of rotatable bonds is 4. The number of hydrogen-bond acceptors (Lipinski definition) is 3. The number of pyridine rings is 1. The van der Waals surface area contributed by atoms with Crippen LogP contribution in [0.1, 0.15) is 18.4 Å². The molecule has 2 aromatic rings. The van der Waals surface area contributed by atoms with Gasteiger partial charge in [0.1, 0.15) is 5.82 Å². The smallest absolute Gasteiger partial charge is 0.143 e. The molecule has 1 heterocycles. The van der Waals surface area contributed by atoms with Gasteiger partial charge in [0.15, 0.2) is 0 Å². The van der Waals surface area contributed by atoms with Crippen LogP contribution in [0.5, 0.6) is 0 Å². The monoisotopic (exact) mass is 351 g/mol. The van der Waals surface area contributed by atoms with Gasteiger partial charge >= 0.3 is 0 Å². The summed E-state index contributed by atoms with van der Waals surface area (Å²) in [5.41, 5.74) is 7.75. The standard InChI is InChI=1S/C15H15BrClN3/c16-14-7-11(17)8-19-15(14)20(13-5-6-13)9-10-1-3-12(18)4-2-10/h1-4,7-8,13H,5-6,9,18H2. The summed E-state index contributed by atoms with van der Waals surface area (Å²) in [5, 5.41) is 0.642. The Labute approximate surface area is 131 Å². The van der Waals surface area contributed by atoms with Gasteiger partial charge in [-0.25, -0.2) is 4.98 Å². The van der Waals surface area contributed by atoms with Crippen molar-refractivity contribution in [2.24, 2.45) is 0 Å². The molecule has 0 aliphatic heterocycles. The van der Waals surface area contributed by atoms with Gasteiger partial charge in [0.05, 0.1) is 9.50 Å². The highest BCUT2D eigenvalue weighted by atomic mass is 79.9. The van der Waals surface area contributed by atoms with Gasteiger partial charge in [-0.3, -0.25) is 0 Å². The van der Waals surface area contributed by atoms with Gasteiger partial charge in [-0.15, -0.1) is 0 Å². The first-order chi connectivity index (χ1) is 9.63. The minimum absolute atomic E-state index is 0.567. The van der Waals surface area contributed by atoms with E-state index in [1.807, 2.05) is 18.2 Å². The zero-order chi connectivity index (χ0) is 14.1. The second kappa shape index (κ2) is 5.62. The van der Waals surface area contributed by atoms with Gasteiger partial charge in [0.25, 0.3) is 0 Å². The Balaban J connectivity index is 1.87. The molecule has 0 radical (unpaired) electrons. The topological polar surface area (TPSA) is 42.1 Å². The molecule has 1 aromatic carbocycles. The first-order valence-electron chi connectivity index (χ1n) is 6.55. The van der Waals surface area contributed by atoms with Crippen molar-refractivity contribution >= 4 is 39.0 Å². The van der Waals surface area contributed by atoms with Crippen LogP contribution in [0, 0.1) is 0 Å². The van der Waals surface area contributed by atoms with Crippen molar-refractivity contribution in [3.05, 3.63) is 51.6 Å². The molecule has 2 N–H and O–H groups in total. The molecule has 3 rings (SSSR count). The zero-order valence-corrected chi connectivity index (χ0v) is 13.2. The van der Waals surface area contributed by atoms with Crippen molar-refractivity contribution in [3.8, 4) is 0 Å². The molecule has 0 saturated heterocycles. The molecule has 104 valence electrons. The summed E-state index contributed by atoms with van der Waals surface area (Å²) in [5.74, 6) is 0.953. The number of halogens is 2. The fourth-order valence-corrected chi connectivity index (χ4v) is 3.07. The number of aromatic nitrogens is 1. The van der Waals surface area contributed by atoms with Crippen molar-refractivity contribution in [1.29, 1.82) is 0 Å². The summed E-state index contributed by atoms with van der Waals surface area (Å²) >= 11 is 9.53. The Morgan fingerprint density at radius 1 is 1.30 bits per heavy atom. The van der Waals surface area contributed by atoms with E-state index in [0.29, 0.717) is 11.1 Å². The van der Waals surface area contributed by atoms with Crippen molar-refractivity contribution in [2.45, 2.75) is 25.4 Å². The maximum Gasteiger partial charge on any atom is 0.143 e. The number of hydrogen-bond donors (Lipinski definition) is 1. The van der Waals surface area contributed by atoms with Gasteiger partial charge in [0, 0.05) is 24.5 Å². The highest BCUT2D eigenvalue weighted by Crippen LogP contribution is 2.36. The summed E-state index contributed by atoms with van der Waals surface area (Å²) in [6.07, 6.45) is 4.12. The quantitative estimate of drug-likeness (QED) is 0.837. The zero-order valence-electron chi connectivity index (χ0n) is 10.9. The lowest BCUT2D eigenvalue weighted by atomic mass is 10.2. The fraction of sp³-hybridized carbons (Fsp3) is 0.267. The minimum Gasteiger partial charge on any atom is -0.399 e. The molecule has 1 aliphatic carbocycles. The van der Waals surface area contributed by atoms with E-state index in [1.165, 1.54) is 18.4 Å². The van der Waals surface area contributed by atoms with Crippen LogP contribution in [0.15, 0.2) is 41.0 Å². The molecule has 3 nitrogen and oxygen atoms in total. The summed E-state index contributed by atoms with van der Waals surface area (Å²) in [7, 11) is 0. The number of benzene rings is 1. The lowest BCUT2D eigenvalue weighted by Gasteiger charge is -2.24. The first-order valence-corrected chi connectivity index (χ1v) is 7.72. The average molecular weight is 353 g/mol. The van der Waals surface area contributed by atoms with E-state index >= 15 is 0 Å². The maximum absolute atomic E-state index is 5.97. The fourth-order valence-electron chi connectivity index (χ4n) is 2.20. The van der Waals surface area contributed by atoms with Crippen molar-refractivity contribution in [3.63, 3.8) is 0 Å². The van der Waals surface area contributed by atoms with Crippen molar-refractivity contribution < 1.29 is 0 Å². The Kier molecular flexibility index (Phi) is 3.85. The lowest BCUT2D eigenvalue weighted by Crippen LogP contribution is -2.26. The third-order valence-electron chi connectivity index (χ3n) is 3.38. The third-order valence-corrected chi connectivity index (χ3v) is 4.17. The molecule has 0 amide bonds. The van der Waals surface area contributed by atoms with Gasteiger partial charge < -0.3 is 10.6 Å². The van der Waals surface area contributed by atoms with E-state index in [-0.39, 0.29) is 0 Å². The molecule has 0 atom stereocenters. The van der Waals surface area contributed by atoms with E-state index in [4.69, 9.17) is 17.3 Å². The second-order valence-electron chi connectivity index (χ2n) is 5.06. The van der Waals surface area contributed by atoms with E-state index in [1.54, 1.807) is 6.20 Å². The molecule has 1 fully saturated rings. The van der Waals surface area contributed by atoms with E-state index in [9.17, 15) is 0 Å². The molecule has 1 aromatic heterocycles. The highest BCUT2D eigenvalue weighted by molar-refractivity contribution is 9.10. The normalized spacial score (nSPS) is 14.3. The number of nitrogens with zero attached hydrogens (tertiary/aromatic N) is 2. The third kappa shape index (κ3) is 3.07. The molecular formula is C15H15BrClN3. The van der Waals surface area contributed by atoms with Gasteiger partial charge in [-0.1, -0.05) is 23.7 Å². The van der Waals surface area contributed by atoms with Crippen LogP contribution in [0.25, 0.3) is 0 Å². The lowest BCUT2D eigenvalue weighted by molar-refractivity contribution is 0.776. The largest absolute Gasteiger partial charge is 0.399 e. The molecule has 1 aliphatic rings. The minimum atomic E-state index is 0.567. The SMILES string of the molecule is Nc1ccc(CN(c2ncc(Cl)cc2Br)C2CC2)cc1. The Morgan fingerprint density at radius 2 is 2.00 bits per heavy atom. The van der Waals surface area contributed by atoms with Crippen LogP contribution in [0.2, 0.25) is 5.02 Å². The first kappa shape index (κ1) is 13.7. The van der Waals surface area contributed by atoms with Crippen LogP contribution in [0.4, 0.5) is 11.5 Å². The van der Waals surface area contributed by atoms with Crippen LogP contribution in [-0.2, 0) is 6.54 Å². The van der Waals surface area contributed by atoms with E-state index in [0.717, 1.165) is 22.5 Å². The van der Waals surface area contributed by atoms with Gasteiger partial charge in [-0.2, -0.15) is 0 Å². The predicted octanol–water partition coefficient (Wildman–Crippen LogP) is 4.25. The summed E-state index contributed by atoms with van der Waals surface area (Å²) < 4.78 is 0.937. The maximum atomic E-state index is 5.97.